The number of carbonyl (C=O) groups excluding carboxylic acids is 1. The van der Waals surface area contributed by atoms with Gasteiger partial charge in [0.2, 0.25) is 5.76 Å². The van der Waals surface area contributed by atoms with E-state index in [-0.39, 0.29) is 24.3 Å². The van der Waals surface area contributed by atoms with Crippen LogP contribution in [0.15, 0.2) is 10.6 Å². The van der Waals surface area contributed by atoms with Gasteiger partial charge < -0.3 is 14.5 Å². The van der Waals surface area contributed by atoms with Gasteiger partial charge in [-0.25, -0.2) is 0 Å². The Morgan fingerprint density at radius 1 is 1.35 bits per heavy atom. The number of aromatic nitrogens is 1. The molecule has 6 heteroatoms. The van der Waals surface area contributed by atoms with Crippen molar-refractivity contribution in [3.8, 4) is 0 Å². The average molecular weight is 278 g/mol. The highest BCUT2D eigenvalue weighted by molar-refractivity contribution is 5.92. The third-order valence-electron chi connectivity index (χ3n) is 4.23. The summed E-state index contributed by atoms with van der Waals surface area (Å²) >= 11 is 0. The van der Waals surface area contributed by atoms with Crippen LogP contribution in [0.3, 0.4) is 0 Å². The molecule has 1 amide bonds. The van der Waals surface area contributed by atoms with Crippen LogP contribution in [0.2, 0.25) is 0 Å². The number of carboxylic acids is 1. The Kier molecular flexibility index (Phi) is 3.23. The lowest BCUT2D eigenvalue weighted by molar-refractivity contribution is -0.143. The summed E-state index contributed by atoms with van der Waals surface area (Å²) in [5.74, 6) is -0.912. The minimum absolute atomic E-state index is 0.0348. The van der Waals surface area contributed by atoms with E-state index in [0.29, 0.717) is 18.8 Å². The SMILES string of the molecule is CC1CCC(C(=O)O)CN1C(=O)c1cc(C2CC2)no1. The van der Waals surface area contributed by atoms with E-state index in [9.17, 15) is 9.59 Å². The zero-order valence-electron chi connectivity index (χ0n) is 11.4. The molecule has 2 atom stereocenters. The van der Waals surface area contributed by atoms with Gasteiger partial charge in [0.25, 0.3) is 5.91 Å². The van der Waals surface area contributed by atoms with E-state index in [2.05, 4.69) is 5.16 Å². The number of amides is 1. The average Bonchev–Trinajstić information content (AvgIpc) is 3.16. The number of hydrogen-bond donors (Lipinski definition) is 1. The molecule has 0 bridgehead atoms. The second-order valence-electron chi connectivity index (χ2n) is 5.81. The van der Waals surface area contributed by atoms with Gasteiger partial charge in [-0.3, -0.25) is 9.59 Å². The lowest BCUT2D eigenvalue weighted by Crippen LogP contribution is -2.47. The molecule has 1 N–H and O–H groups in total. The van der Waals surface area contributed by atoms with Crippen molar-refractivity contribution in [3.63, 3.8) is 0 Å². The number of nitrogens with zero attached hydrogens (tertiary/aromatic N) is 2. The maximum Gasteiger partial charge on any atom is 0.308 e. The van der Waals surface area contributed by atoms with E-state index >= 15 is 0 Å². The highest BCUT2D eigenvalue weighted by Crippen LogP contribution is 2.39. The summed E-state index contributed by atoms with van der Waals surface area (Å²) in [7, 11) is 0. The van der Waals surface area contributed by atoms with Crippen molar-refractivity contribution in [2.45, 2.75) is 44.6 Å². The largest absolute Gasteiger partial charge is 0.481 e. The summed E-state index contributed by atoms with van der Waals surface area (Å²) in [4.78, 5) is 25.1. The molecule has 1 aliphatic heterocycles. The molecule has 1 saturated carbocycles. The van der Waals surface area contributed by atoms with Crippen LogP contribution in [-0.2, 0) is 4.79 Å². The molecule has 2 heterocycles. The van der Waals surface area contributed by atoms with Gasteiger partial charge in [0, 0.05) is 24.6 Å². The first-order valence-corrected chi connectivity index (χ1v) is 7.06. The first kappa shape index (κ1) is 13.1. The molecule has 2 fully saturated rings. The quantitative estimate of drug-likeness (QED) is 0.912. The molecule has 2 unspecified atom stereocenters. The summed E-state index contributed by atoms with van der Waals surface area (Å²) in [6.07, 6.45) is 3.51. The van der Waals surface area contributed by atoms with Gasteiger partial charge in [-0.1, -0.05) is 5.16 Å². The first-order chi connectivity index (χ1) is 9.56. The number of rotatable bonds is 3. The van der Waals surface area contributed by atoms with Crippen molar-refractivity contribution >= 4 is 11.9 Å². The van der Waals surface area contributed by atoms with Crippen molar-refractivity contribution < 1.29 is 19.2 Å². The molecule has 0 aromatic carbocycles. The molecule has 108 valence electrons. The lowest BCUT2D eigenvalue weighted by Gasteiger charge is -2.35. The van der Waals surface area contributed by atoms with Crippen molar-refractivity contribution in [1.82, 2.24) is 10.1 Å². The van der Waals surface area contributed by atoms with Crippen LogP contribution in [0.1, 0.15) is 54.8 Å². The van der Waals surface area contributed by atoms with Crippen molar-refractivity contribution in [2.75, 3.05) is 6.54 Å². The van der Waals surface area contributed by atoms with Crippen LogP contribution < -0.4 is 0 Å². The highest BCUT2D eigenvalue weighted by Gasteiger charge is 2.35. The summed E-state index contributed by atoms with van der Waals surface area (Å²) in [5.41, 5.74) is 0.841. The molecular formula is C14H18N2O4. The number of carbonyl (C=O) groups is 2. The minimum atomic E-state index is -0.842. The molecule has 2 aliphatic rings. The standard InChI is InChI=1S/C14H18N2O4/c1-8-2-3-10(14(18)19)7-16(8)13(17)12-6-11(15-20-12)9-4-5-9/h6,8-10H,2-5,7H2,1H3,(H,18,19). The molecule has 20 heavy (non-hydrogen) atoms. The maximum absolute atomic E-state index is 12.4. The van der Waals surface area contributed by atoms with Crippen LogP contribution in [0.5, 0.6) is 0 Å². The van der Waals surface area contributed by atoms with Gasteiger partial charge in [0.15, 0.2) is 0 Å². The van der Waals surface area contributed by atoms with E-state index in [1.54, 1.807) is 11.0 Å². The van der Waals surface area contributed by atoms with Gasteiger partial charge in [-0.05, 0) is 32.6 Å². The molecule has 0 radical (unpaired) electrons. The van der Waals surface area contributed by atoms with Gasteiger partial charge in [0.1, 0.15) is 0 Å². The van der Waals surface area contributed by atoms with Gasteiger partial charge in [-0.2, -0.15) is 0 Å². The molecule has 3 rings (SSSR count). The number of likely N-dealkylation sites (tertiary alicyclic amines) is 1. The van der Waals surface area contributed by atoms with Crippen LogP contribution in [0, 0.1) is 5.92 Å². The number of aliphatic carboxylic acids is 1. The molecule has 1 aliphatic carbocycles. The summed E-state index contributed by atoms with van der Waals surface area (Å²) in [6, 6.07) is 1.74. The second-order valence-corrected chi connectivity index (χ2v) is 5.81. The zero-order chi connectivity index (χ0) is 14.3. The van der Waals surface area contributed by atoms with E-state index in [4.69, 9.17) is 9.63 Å². The Balaban J connectivity index is 1.74. The summed E-state index contributed by atoms with van der Waals surface area (Å²) in [6.45, 7) is 2.18. The first-order valence-electron chi connectivity index (χ1n) is 7.06. The Morgan fingerprint density at radius 3 is 2.75 bits per heavy atom. The molecular weight excluding hydrogens is 260 g/mol. The number of hydrogen-bond acceptors (Lipinski definition) is 4. The normalized spacial score (nSPS) is 26.6. The molecule has 6 nitrogen and oxygen atoms in total. The zero-order valence-corrected chi connectivity index (χ0v) is 11.4. The van der Waals surface area contributed by atoms with Crippen LogP contribution >= 0.6 is 0 Å². The van der Waals surface area contributed by atoms with Crippen molar-refractivity contribution in [3.05, 3.63) is 17.5 Å². The van der Waals surface area contributed by atoms with E-state index in [1.165, 1.54) is 0 Å². The van der Waals surface area contributed by atoms with Crippen LogP contribution in [-0.4, -0.2) is 39.6 Å². The monoisotopic (exact) mass is 278 g/mol. The molecule has 0 spiro atoms. The van der Waals surface area contributed by atoms with Gasteiger partial charge in [-0.15, -0.1) is 0 Å². The fourth-order valence-electron chi connectivity index (χ4n) is 2.69. The van der Waals surface area contributed by atoms with Gasteiger partial charge >= 0.3 is 5.97 Å². The predicted molar refractivity (Wildman–Crippen MR) is 69.3 cm³/mol. The molecule has 1 aromatic rings. The van der Waals surface area contributed by atoms with Crippen LogP contribution in [0.4, 0.5) is 0 Å². The topological polar surface area (TPSA) is 83.6 Å². The van der Waals surface area contributed by atoms with E-state index < -0.39 is 11.9 Å². The second kappa shape index (κ2) is 4.92. The fraction of sp³-hybridized carbons (Fsp3) is 0.643. The van der Waals surface area contributed by atoms with Crippen molar-refractivity contribution in [1.29, 1.82) is 0 Å². The van der Waals surface area contributed by atoms with Crippen molar-refractivity contribution in [2.24, 2.45) is 5.92 Å². The fourth-order valence-corrected chi connectivity index (χ4v) is 2.69. The minimum Gasteiger partial charge on any atom is -0.481 e. The molecule has 1 aromatic heterocycles. The Morgan fingerprint density at radius 2 is 2.10 bits per heavy atom. The number of piperidine rings is 1. The molecule has 1 saturated heterocycles. The Hall–Kier alpha value is -1.85. The predicted octanol–water partition coefficient (Wildman–Crippen LogP) is 1.88. The van der Waals surface area contributed by atoms with E-state index in [1.807, 2.05) is 6.92 Å². The van der Waals surface area contributed by atoms with Gasteiger partial charge in [0.05, 0.1) is 11.6 Å². The Bertz CT molecular complexity index is 535. The maximum atomic E-state index is 12.4. The van der Waals surface area contributed by atoms with E-state index in [0.717, 1.165) is 18.5 Å². The summed E-state index contributed by atoms with van der Waals surface area (Å²) in [5, 5.41) is 13.0. The highest BCUT2D eigenvalue weighted by atomic mass is 16.5. The smallest absolute Gasteiger partial charge is 0.308 e. The Labute approximate surface area is 116 Å². The third kappa shape index (κ3) is 2.42. The third-order valence-corrected chi connectivity index (χ3v) is 4.23. The summed E-state index contributed by atoms with van der Waals surface area (Å²) < 4.78 is 5.14. The van der Waals surface area contributed by atoms with Crippen LogP contribution in [0.25, 0.3) is 0 Å². The lowest BCUT2D eigenvalue weighted by atomic mass is 9.93. The number of carboxylic acid groups (broad SMARTS) is 1.